The van der Waals surface area contributed by atoms with Gasteiger partial charge in [0.25, 0.3) is 0 Å². The molecule has 4 rings (SSSR count). The van der Waals surface area contributed by atoms with Gasteiger partial charge in [-0.1, -0.05) is 18.6 Å². The Hall–Kier alpha value is -1.51. The van der Waals surface area contributed by atoms with Gasteiger partial charge in [-0.2, -0.15) is 0 Å². The van der Waals surface area contributed by atoms with Crippen molar-refractivity contribution in [3.63, 3.8) is 0 Å². The molecule has 0 aromatic heterocycles. The molecule has 2 saturated carbocycles. The Bertz CT molecular complexity index is 550. The smallest absolute Gasteiger partial charge is 0.224 e. The van der Waals surface area contributed by atoms with Crippen LogP contribution in [0.5, 0.6) is 0 Å². The Morgan fingerprint density at radius 1 is 1.14 bits per heavy atom. The fraction of sp³-hybridized carbons (Fsp3) is 0.632. The molecule has 1 aliphatic heterocycles. The van der Waals surface area contributed by atoms with Gasteiger partial charge in [-0.3, -0.25) is 4.79 Å². The molecule has 1 N–H and O–H groups in total. The van der Waals surface area contributed by atoms with Gasteiger partial charge in [-0.15, -0.1) is 0 Å². The van der Waals surface area contributed by atoms with Crippen LogP contribution >= 0.6 is 0 Å². The fourth-order valence-electron chi connectivity index (χ4n) is 4.88. The molecule has 3 nitrogen and oxygen atoms in total. The van der Waals surface area contributed by atoms with Crippen LogP contribution in [0.15, 0.2) is 24.3 Å². The van der Waals surface area contributed by atoms with Gasteiger partial charge < -0.3 is 10.2 Å². The molecule has 118 valence electrons. The molecular formula is C19H26N2O. The van der Waals surface area contributed by atoms with Gasteiger partial charge in [0, 0.05) is 19.5 Å². The molecular weight excluding hydrogens is 272 g/mol. The monoisotopic (exact) mass is 298 g/mol. The third-order valence-corrected chi connectivity index (χ3v) is 5.96. The van der Waals surface area contributed by atoms with Crippen molar-refractivity contribution in [2.45, 2.75) is 44.9 Å². The van der Waals surface area contributed by atoms with Gasteiger partial charge in [-0.05, 0) is 62.0 Å². The number of para-hydroxylation sites is 2. The van der Waals surface area contributed by atoms with Crippen LogP contribution in [0.4, 0.5) is 11.4 Å². The molecule has 1 saturated heterocycles. The Kier molecular flexibility index (Phi) is 3.81. The maximum absolute atomic E-state index is 12.5. The van der Waals surface area contributed by atoms with Crippen LogP contribution in [0.25, 0.3) is 0 Å². The van der Waals surface area contributed by atoms with E-state index in [4.69, 9.17) is 0 Å². The highest BCUT2D eigenvalue weighted by Gasteiger charge is 2.40. The minimum absolute atomic E-state index is 0.212. The third-order valence-electron chi connectivity index (χ3n) is 5.96. The van der Waals surface area contributed by atoms with Crippen LogP contribution in [0.1, 0.15) is 44.9 Å². The molecule has 2 bridgehead atoms. The maximum atomic E-state index is 12.5. The Morgan fingerprint density at radius 3 is 2.68 bits per heavy atom. The third kappa shape index (κ3) is 2.73. The molecule has 0 unspecified atom stereocenters. The number of amides is 1. The Morgan fingerprint density at radius 2 is 1.95 bits per heavy atom. The highest BCUT2D eigenvalue weighted by molar-refractivity contribution is 5.94. The number of hydrogen-bond acceptors (Lipinski definition) is 2. The van der Waals surface area contributed by atoms with Gasteiger partial charge >= 0.3 is 0 Å². The predicted molar refractivity (Wildman–Crippen MR) is 90.1 cm³/mol. The van der Waals surface area contributed by atoms with Crippen molar-refractivity contribution >= 4 is 17.3 Å². The molecule has 1 heterocycles. The highest BCUT2D eigenvalue weighted by Crippen LogP contribution is 2.49. The van der Waals surface area contributed by atoms with E-state index in [0.29, 0.717) is 5.92 Å². The van der Waals surface area contributed by atoms with Gasteiger partial charge in [0.2, 0.25) is 5.91 Å². The molecule has 1 aromatic carbocycles. The summed E-state index contributed by atoms with van der Waals surface area (Å²) in [5, 5.41) is 3.19. The van der Waals surface area contributed by atoms with Crippen molar-refractivity contribution in [3.8, 4) is 0 Å². The number of benzene rings is 1. The Labute approximate surface area is 133 Å². The molecule has 22 heavy (non-hydrogen) atoms. The second kappa shape index (κ2) is 5.94. The molecule has 0 spiro atoms. The molecule has 3 atom stereocenters. The second-order valence-corrected chi connectivity index (χ2v) is 7.40. The molecule has 0 radical (unpaired) electrons. The van der Waals surface area contributed by atoms with Crippen molar-refractivity contribution < 1.29 is 4.79 Å². The van der Waals surface area contributed by atoms with E-state index in [0.717, 1.165) is 37.0 Å². The van der Waals surface area contributed by atoms with Gasteiger partial charge in [0.1, 0.15) is 0 Å². The van der Waals surface area contributed by atoms with Crippen molar-refractivity contribution in [1.82, 2.24) is 0 Å². The lowest BCUT2D eigenvalue weighted by Crippen LogP contribution is -2.23. The molecule has 3 aliphatic rings. The average molecular weight is 298 g/mol. The Balaban J connectivity index is 1.41. The largest absolute Gasteiger partial charge is 0.370 e. The SMILES string of the molecule is O=C(C[C@H]1C[C@H]2CC[C@H]1C2)Nc1ccccc1N1CCCC1. The summed E-state index contributed by atoms with van der Waals surface area (Å²) in [6.45, 7) is 2.22. The van der Waals surface area contributed by atoms with Crippen molar-refractivity contribution in [3.05, 3.63) is 24.3 Å². The first-order valence-electron chi connectivity index (χ1n) is 8.93. The quantitative estimate of drug-likeness (QED) is 0.909. The number of fused-ring (bicyclic) bond motifs is 2. The van der Waals surface area contributed by atoms with E-state index in [-0.39, 0.29) is 5.91 Å². The lowest BCUT2D eigenvalue weighted by molar-refractivity contribution is -0.117. The first-order chi connectivity index (χ1) is 10.8. The van der Waals surface area contributed by atoms with Crippen LogP contribution in [0.2, 0.25) is 0 Å². The summed E-state index contributed by atoms with van der Waals surface area (Å²) in [6.07, 6.45) is 8.65. The van der Waals surface area contributed by atoms with Crippen LogP contribution in [0, 0.1) is 17.8 Å². The fourth-order valence-corrected chi connectivity index (χ4v) is 4.88. The number of carbonyl (C=O) groups is 1. The molecule has 3 fully saturated rings. The number of nitrogens with zero attached hydrogens (tertiary/aromatic N) is 1. The highest BCUT2D eigenvalue weighted by atomic mass is 16.1. The summed E-state index contributed by atoms with van der Waals surface area (Å²) in [5.41, 5.74) is 2.19. The van der Waals surface area contributed by atoms with Crippen molar-refractivity contribution in [2.24, 2.45) is 17.8 Å². The van der Waals surface area contributed by atoms with E-state index in [1.54, 1.807) is 0 Å². The first kappa shape index (κ1) is 14.1. The zero-order chi connectivity index (χ0) is 14.9. The van der Waals surface area contributed by atoms with Gasteiger partial charge in [0.05, 0.1) is 11.4 Å². The number of hydrogen-bond donors (Lipinski definition) is 1. The van der Waals surface area contributed by atoms with Crippen LogP contribution < -0.4 is 10.2 Å². The van der Waals surface area contributed by atoms with E-state index in [1.165, 1.54) is 44.2 Å². The number of carbonyl (C=O) groups excluding carboxylic acids is 1. The van der Waals surface area contributed by atoms with E-state index < -0.39 is 0 Å². The minimum atomic E-state index is 0.212. The summed E-state index contributed by atoms with van der Waals surface area (Å²) in [4.78, 5) is 14.9. The molecule has 3 heteroatoms. The lowest BCUT2D eigenvalue weighted by Gasteiger charge is -2.23. The van der Waals surface area contributed by atoms with E-state index in [2.05, 4.69) is 22.3 Å². The average Bonchev–Trinajstić information content (AvgIpc) is 3.25. The second-order valence-electron chi connectivity index (χ2n) is 7.40. The lowest BCUT2D eigenvalue weighted by atomic mass is 9.86. The van der Waals surface area contributed by atoms with Crippen molar-refractivity contribution in [2.75, 3.05) is 23.3 Å². The van der Waals surface area contributed by atoms with Crippen molar-refractivity contribution in [1.29, 1.82) is 0 Å². The molecule has 2 aliphatic carbocycles. The van der Waals surface area contributed by atoms with Crippen LogP contribution in [-0.4, -0.2) is 19.0 Å². The van der Waals surface area contributed by atoms with Gasteiger partial charge in [-0.25, -0.2) is 0 Å². The number of anilines is 2. The van der Waals surface area contributed by atoms with E-state index in [9.17, 15) is 4.79 Å². The zero-order valence-electron chi connectivity index (χ0n) is 13.3. The van der Waals surface area contributed by atoms with E-state index >= 15 is 0 Å². The zero-order valence-corrected chi connectivity index (χ0v) is 13.3. The van der Waals surface area contributed by atoms with Crippen LogP contribution in [0.3, 0.4) is 0 Å². The molecule has 1 amide bonds. The maximum Gasteiger partial charge on any atom is 0.224 e. The summed E-state index contributed by atoms with van der Waals surface area (Å²) in [6, 6.07) is 8.27. The van der Waals surface area contributed by atoms with E-state index in [1.807, 2.05) is 12.1 Å². The summed E-state index contributed by atoms with van der Waals surface area (Å²) >= 11 is 0. The predicted octanol–water partition coefficient (Wildman–Crippen LogP) is 4.05. The number of nitrogens with one attached hydrogen (secondary N) is 1. The van der Waals surface area contributed by atoms with Gasteiger partial charge in [0.15, 0.2) is 0 Å². The summed E-state index contributed by atoms with van der Waals surface area (Å²) < 4.78 is 0. The normalized spacial score (nSPS) is 30.0. The summed E-state index contributed by atoms with van der Waals surface area (Å²) in [7, 11) is 0. The first-order valence-corrected chi connectivity index (χ1v) is 8.93. The molecule has 1 aromatic rings. The standard InChI is InChI=1S/C19H26N2O/c22-19(13-16-12-14-7-8-15(16)11-14)20-17-5-1-2-6-18(17)21-9-3-4-10-21/h1-2,5-6,14-16H,3-4,7-13H2,(H,20,22)/t14-,15-,16+/m0/s1. The minimum Gasteiger partial charge on any atom is -0.370 e. The van der Waals surface area contributed by atoms with Crippen LogP contribution in [-0.2, 0) is 4.79 Å². The number of rotatable bonds is 4. The topological polar surface area (TPSA) is 32.3 Å². The summed E-state index contributed by atoms with van der Waals surface area (Å²) in [5.74, 6) is 2.59.